The summed E-state index contributed by atoms with van der Waals surface area (Å²) in [6.07, 6.45) is 3.49. The molecule has 0 bridgehead atoms. The van der Waals surface area contributed by atoms with Crippen LogP contribution < -0.4 is 10.6 Å². The van der Waals surface area contributed by atoms with Crippen LogP contribution in [0, 0.1) is 12.3 Å². The number of hydrogen-bond donors (Lipinski definition) is 2. The summed E-state index contributed by atoms with van der Waals surface area (Å²) in [5.41, 5.74) is 2.22. The lowest BCUT2D eigenvalue weighted by Gasteiger charge is -2.18. The van der Waals surface area contributed by atoms with E-state index in [-0.39, 0.29) is 11.8 Å². The second-order valence-corrected chi connectivity index (χ2v) is 7.60. The zero-order chi connectivity index (χ0) is 18.6. The van der Waals surface area contributed by atoms with Crippen molar-refractivity contribution in [3.05, 3.63) is 47.7 Å². The average molecular weight is 357 g/mol. The number of carbonyl (C=O) groups excluding carboxylic acids is 2. The lowest BCUT2D eigenvalue weighted by Crippen LogP contribution is -2.27. The quantitative estimate of drug-likeness (QED) is 0.798. The number of nitrogens with one attached hydrogen (secondary N) is 2. The minimum absolute atomic E-state index is 0.0783. The molecule has 0 fully saturated rings. The molecule has 1 aromatic carbocycles. The predicted molar refractivity (Wildman–Crippen MR) is 103 cm³/mol. The third kappa shape index (κ3) is 5.06. The SMILES string of the molecule is CSc1ccc(C(=O)Nc2cc(NC(=O)C(C)(C)C)ccc2C)cn1. The molecule has 0 spiro atoms. The van der Waals surface area contributed by atoms with Gasteiger partial charge in [-0.05, 0) is 43.0 Å². The van der Waals surface area contributed by atoms with Crippen molar-refractivity contribution in [3.8, 4) is 0 Å². The molecule has 0 saturated carbocycles. The van der Waals surface area contributed by atoms with Crippen molar-refractivity contribution >= 4 is 35.0 Å². The number of hydrogen-bond acceptors (Lipinski definition) is 4. The Kier molecular flexibility index (Phi) is 5.85. The molecule has 0 aliphatic carbocycles. The summed E-state index contributed by atoms with van der Waals surface area (Å²) in [5, 5.41) is 6.61. The molecule has 1 aromatic heterocycles. The minimum Gasteiger partial charge on any atom is -0.326 e. The highest BCUT2D eigenvalue weighted by Crippen LogP contribution is 2.23. The molecule has 0 aliphatic rings. The van der Waals surface area contributed by atoms with Crippen LogP contribution in [-0.2, 0) is 4.79 Å². The van der Waals surface area contributed by atoms with Gasteiger partial charge in [0.15, 0.2) is 0 Å². The van der Waals surface area contributed by atoms with E-state index in [2.05, 4.69) is 15.6 Å². The predicted octanol–water partition coefficient (Wildman–Crippen LogP) is 4.35. The summed E-state index contributed by atoms with van der Waals surface area (Å²) in [5.74, 6) is -0.312. The van der Waals surface area contributed by atoms with E-state index in [0.29, 0.717) is 16.9 Å². The fourth-order valence-corrected chi connectivity index (χ4v) is 2.35. The van der Waals surface area contributed by atoms with Crippen molar-refractivity contribution in [3.63, 3.8) is 0 Å². The first-order valence-electron chi connectivity index (χ1n) is 7.94. The van der Waals surface area contributed by atoms with E-state index in [4.69, 9.17) is 0 Å². The lowest BCUT2D eigenvalue weighted by atomic mass is 9.95. The van der Waals surface area contributed by atoms with Gasteiger partial charge in [0.25, 0.3) is 5.91 Å². The number of aromatic nitrogens is 1. The molecule has 2 amide bonds. The van der Waals surface area contributed by atoms with Crippen LogP contribution >= 0.6 is 11.8 Å². The Hall–Kier alpha value is -2.34. The maximum absolute atomic E-state index is 12.4. The Morgan fingerprint density at radius 1 is 1.08 bits per heavy atom. The summed E-state index contributed by atoms with van der Waals surface area (Å²) < 4.78 is 0. The van der Waals surface area contributed by atoms with Crippen LogP contribution in [0.4, 0.5) is 11.4 Å². The van der Waals surface area contributed by atoms with Gasteiger partial charge in [0, 0.05) is 23.0 Å². The number of rotatable bonds is 4. The Morgan fingerprint density at radius 3 is 2.36 bits per heavy atom. The Labute approximate surface area is 152 Å². The zero-order valence-electron chi connectivity index (χ0n) is 15.1. The molecule has 2 N–H and O–H groups in total. The van der Waals surface area contributed by atoms with Crippen LogP contribution in [0.5, 0.6) is 0 Å². The smallest absolute Gasteiger partial charge is 0.257 e. The first-order valence-corrected chi connectivity index (χ1v) is 9.16. The van der Waals surface area contributed by atoms with E-state index in [1.807, 2.05) is 52.1 Å². The Morgan fingerprint density at radius 2 is 1.80 bits per heavy atom. The summed E-state index contributed by atoms with van der Waals surface area (Å²) >= 11 is 1.52. The molecule has 5 nitrogen and oxygen atoms in total. The molecule has 2 rings (SSSR count). The fourth-order valence-electron chi connectivity index (χ4n) is 1.98. The summed E-state index contributed by atoms with van der Waals surface area (Å²) in [4.78, 5) is 28.8. The van der Waals surface area contributed by atoms with Gasteiger partial charge in [-0.2, -0.15) is 0 Å². The number of nitrogens with zero attached hydrogens (tertiary/aromatic N) is 1. The van der Waals surface area contributed by atoms with Gasteiger partial charge in [-0.1, -0.05) is 26.8 Å². The third-order valence-electron chi connectivity index (χ3n) is 3.63. The number of benzene rings is 1. The van der Waals surface area contributed by atoms with Crippen LogP contribution in [-0.4, -0.2) is 23.1 Å². The second-order valence-electron chi connectivity index (χ2n) is 6.78. The van der Waals surface area contributed by atoms with E-state index < -0.39 is 5.41 Å². The summed E-state index contributed by atoms with van der Waals surface area (Å²) in [7, 11) is 0. The van der Waals surface area contributed by atoms with Gasteiger partial charge < -0.3 is 10.6 Å². The van der Waals surface area contributed by atoms with Gasteiger partial charge >= 0.3 is 0 Å². The van der Waals surface area contributed by atoms with E-state index in [9.17, 15) is 9.59 Å². The number of thioether (sulfide) groups is 1. The van der Waals surface area contributed by atoms with Gasteiger partial charge in [0.1, 0.15) is 0 Å². The normalized spacial score (nSPS) is 11.1. The van der Waals surface area contributed by atoms with Gasteiger partial charge in [-0.25, -0.2) is 4.98 Å². The minimum atomic E-state index is -0.487. The molecule has 2 aromatic rings. The van der Waals surface area contributed by atoms with Crippen LogP contribution in [0.25, 0.3) is 0 Å². The molecule has 132 valence electrons. The van der Waals surface area contributed by atoms with Crippen molar-refractivity contribution in [2.45, 2.75) is 32.7 Å². The maximum Gasteiger partial charge on any atom is 0.257 e. The molecule has 0 unspecified atom stereocenters. The summed E-state index contributed by atoms with van der Waals surface area (Å²) in [6.45, 7) is 7.46. The van der Waals surface area contributed by atoms with E-state index in [0.717, 1.165) is 10.6 Å². The van der Waals surface area contributed by atoms with Gasteiger partial charge in [-0.15, -0.1) is 11.8 Å². The highest BCUT2D eigenvalue weighted by molar-refractivity contribution is 7.98. The topological polar surface area (TPSA) is 71.1 Å². The molecule has 6 heteroatoms. The van der Waals surface area contributed by atoms with Crippen LogP contribution in [0.2, 0.25) is 0 Å². The van der Waals surface area contributed by atoms with Gasteiger partial charge in [0.05, 0.1) is 10.6 Å². The molecule has 0 saturated heterocycles. The zero-order valence-corrected chi connectivity index (χ0v) is 16.0. The molecule has 0 atom stereocenters. The summed E-state index contributed by atoms with van der Waals surface area (Å²) in [6, 6.07) is 9.01. The van der Waals surface area contributed by atoms with Crippen molar-refractivity contribution in [1.82, 2.24) is 4.98 Å². The monoisotopic (exact) mass is 357 g/mol. The van der Waals surface area contributed by atoms with Gasteiger partial charge in [0.2, 0.25) is 5.91 Å². The highest BCUT2D eigenvalue weighted by Gasteiger charge is 2.21. The molecular formula is C19H23N3O2S. The van der Waals surface area contributed by atoms with Crippen LogP contribution in [0.1, 0.15) is 36.7 Å². The molecule has 25 heavy (non-hydrogen) atoms. The largest absolute Gasteiger partial charge is 0.326 e. The average Bonchev–Trinajstić information content (AvgIpc) is 2.57. The number of carbonyl (C=O) groups is 2. The maximum atomic E-state index is 12.4. The third-order valence-corrected chi connectivity index (χ3v) is 4.29. The first kappa shape index (κ1) is 19.0. The number of amides is 2. The molecule has 0 radical (unpaired) electrons. The van der Waals surface area contributed by atoms with Crippen LogP contribution in [0.3, 0.4) is 0 Å². The second kappa shape index (κ2) is 7.70. The van der Waals surface area contributed by atoms with Crippen molar-refractivity contribution in [2.24, 2.45) is 5.41 Å². The molecular weight excluding hydrogens is 334 g/mol. The molecule has 0 aliphatic heterocycles. The standard InChI is InChI=1S/C19H23N3O2S/c1-12-6-8-14(21-18(24)19(2,3)4)10-15(12)22-17(23)13-7-9-16(25-5)20-11-13/h6-11H,1-5H3,(H,21,24)(H,22,23). The lowest BCUT2D eigenvalue weighted by molar-refractivity contribution is -0.123. The van der Waals surface area contributed by atoms with E-state index >= 15 is 0 Å². The van der Waals surface area contributed by atoms with Crippen LogP contribution in [0.15, 0.2) is 41.6 Å². The van der Waals surface area contributed by atoms with Gasteiger partial charge in [-0.3, -0.25) is 9.59 Å². The number of pyridine rings is 1. The highest BCUT2D eigenvalue weighted by atomic mass is 32.2. The molecule has 1 heterocycles. The van der Waals surface area contributed by atoms with Crippen molar-refractivity contribution in [2.75, 3.05) is 16.9 Å². The van der Waals surface area contributed by atoms with Crippen molar-refractivity contribution < 1.29 is 9.59 Å². The number of anilines is 2. The number of aryl methyl sites for hydroxylation is 1. The van der Waals surface area contributed by atoms with E-state index in [1.165, 1.54) is 11.8 Å². The fraction of sp³-hybridized carbons (Fsp3) is 0.316. The first-order chi connectivity index (χ1) is 11.7. The Balaban J connectivity index is 2.16. The van der Waals surface area contributed by atoms with E-state index in [1.54, 1.807) is 18.3 Å². The Bertz CT molecular complexity index is 780. The van der Waals surface area contributed by atoms with Crippen molar-refractivity contribution in [1.29, 1.82) is 0 Å².